The van der Waals surface area contributed by atoms with Gasteiger partial charge >= 0.3 is 5.97 Å². The van der Waals surface area contributed by atoms with E-state index < -0.39 is 0 Å². The number of carbonyl (C=O) groups is 1. The molecule has 0 saturated heterocycles. The number of carbonyl (C=O) groups excluding carboxylic acids is 1. The topological polar surface area (TPSA) is 48.4 Å². The minimum atomic E-state index is -0.282. The first-order chi connectivity index (χ1) is 7.67. The maximum atomic E-state index is 11.7. The molecule has 0 spiro atoms. The van der Waals surface area contributed by atoms with Gasteiger partial charge in [0.2, 0.25) is 5.88 Å². The number of aromatic nitrogens is 1. The fourth-order valence-electron chi connectivity index (χ4n) is 2.01. The second-order valence-corrected chi connectivity index (χ2v) is 3.93. The Bertz CT molecular complexity index is 417. The van der Waals surface area contributed by atoms with Crippen LogP contribution in [0.15, 0.2) is 12.1 Å². The zero-order valence-corrected chi connectivity index (χ0v) is 9.69. The molecule has 2 heterocycles. The Kier molecular flexibility index (Phi) is 2.81. The second-order valence-electron chi connectivity index (χ2n) is 3.93. The molecule has 0 bridgehead atoms. The third-order valence-corrected chi connectivity index (χ3v) is 2.98. The summed E-state index contributed by atoms with van der Waals surface area (Å²) in [7, 11) is 1.57. The number of hydrogen-bond donors (Lipinski definition) is 0. The Balaban J connectivity index is 2.47. The monoisotopic (exact) mass is 221 g/mol. The summed E-state index contributed by atoms with van der Waals surface area (Å²) in [5.74, 6) is 0.373. The minimum absolute atomic E-state index is 0.0837. The van der Waals surface area contributed by atoms with Crippen molar-refractivity contribution in [1.82, 2.24) is 4.98 Å². The van der Waals surface area contributed by atoms with Crippen molar-refractivity contribution in [1.29, 1.82) is 0 Å². The number of nitrogens with zero attached hydrogens (tertiary/aromatic N) is 1. The van der Waals surface area contributed by atoms with E-state index in [1.54, 1.807) is 19.2 Å². The van der Waals surface area contributed by atoms with Crippen LogP contribution in [0.25, 0.3) is 0 Å². The van der Waals surface area contributed by atoms with E-state index in [9.17, 15) is 4.79 Å². The lowest BCUT2D eigenvalue weighted by Crippen LogP contribution is -2.31. The van der Waals surface area contributed by atoms with Gasteiger partial charge in [0.25, 0.3) is 0 Å². The van der Waals surface area contributed by atoms with Crippen molar-refractivity contribution < 1.29 is 14.3 Å². The number of fused-ring (bicyclic) bond motifs is 1. The first kappa shape index (κ1) is 10.9. The van der Waals surface area contributed by atoms with Crippen molar-refractivity contribution in [3.63, 3.8) is 0 Å². The van der Waals surface area contributed by atoms with Crippen molar-refractivity contribution in [2.75, 3.05) is 7.11 Å². The number of cyclic esters (lactones) is 1. The van der Waals surface area contributed by atoms with E-state index >= 15 is 0 Å². The standard InChI is InChI=1S/C12H15NO3/c1-4-9-7(2)11-8(12(14)16-9)5-6-10(13-11)15-3/h5-7,9H,4H2,1-3H3. The summed E-state index contributed by atoms with van der Waals surface area (Å²) < 4.78 is 10.4. The van der Waals surface area contributed by atoms with Crippen LogP contribution in [0.4, 0.5) is 0 Å². The van der Waals surface area contributed by atoms with Crippen LogP contribution in [0.2, 0.25) is 0 Å². The average molecular weight is 221 g/mol. The highest BCUT2D eigenvalue weighted by molar-refractivity contribution is 5.92. The molecule has 1 aromatic rings. The first-order valence-electron chi connectivity index (χ1n) is 5.43. The van der Waals surface area contributed by atoms with Gasteiger partial charge in [-0.15, -0.1) is 0 Å². The van der Waals surface area contributed by atoms with E-state index in [2.05, 4.69) is 4.98 Å². The Hall–Kier alpha value is -1.58. The number of rotatable bonds is 2. The molecule has 2 unspecified atom stereocenters. The summed E-state index contributed by atoms with van der Waals surface area (Å²) in [6.07, 6.45) is 0.713. The van der Waals surface area contributed by atoms with Gasteiger partial charge in [-0.05, 0) is 12.5 Å². The SMILES string of the molecule is CCC1OC(=O)c2ccc(OC)nc2C1C. The molecule has 4 heteroatoms. The normalized spacial score (nSPS) is 23.6. The number of esters is 1. The molecule has 0 N–H and O–H groups in total. The first-order valence-corrected chi connectivity index (χ1v) is 5.43. The minimum Gasteiger partial charge on any atom is -0.481 e. The molecule has 0 aromatic carbocycles. The largest absolute Gasteiger partial charge is 0.481 e. The van der Waals surface area contributed by atoms with Crippen LogP contribution in [0.1, 0.15) is 42.2 Å². The predicted molar refractivity (Wildman–Crippen MR) is 58.7 cm³/mol. The van der Waals surface area contributed by atoms with Crippen molar-refractivity contribution in [2.45, 2.75) is 32.3 Å². The Labute approximate surface area is 94.6 Å². The van der Waals surface area contributed by atoms with E-state index in [-0.39, 0.29) is 18.0 Å². The van der Waals surface area contributed by atoms with Crippen LogP contribution < -0.4 is 4.74 Å². The quantitative estimate of drug-likeness (QED) is 0.718. The number of pyridine rings is 1. The van der Waals surface area contributed by atoms with Gasteiger partial charge < -0.3 is 9.47 Å². The average Bonchev–Trinajstić information content (AvgIpc) is 2.33. The zero-order chi connectivity index (χ0) is 11.7. The van der Waals surface area contributed by atoms with Crippen LogP contribution >= 0.6 is 0 Å². The lowest BCUT2D eigenvalue weighted by atomic mass is 9.92. The van der Waals surface area contributed by atoms with Crippen LogP contribution in [0.3, 0.4) is 0 Å². The molecule has 0 aliphatic carbocycles. The van der Waals surface area contributed by atoms with Crippen LogP contribution in [0, 0.1) is 0 Å². The molecular weight excluding hydrogens is 206 g/mol. The maximum Gasteiger partial charge on any atom is 0.340 e. The van der Waals surface area contributed by atoms with E-state index in [4.69, 9.17) is 9.47 Å². The van der Waals surface area contributed by atoms with Gasteiger partial charge in [0.05, 0.1) is 18.4 Å². The number of hydrogen-bond acceptors (Lipinski definition) is 4. The highest BCUT2D eigenvalue weighted by Gasteiger charge is 2.33. The molecule has 1 aliphatic rings. The van der Waals surface area contributed by atoms with Gasteiger partial charge in [-0.3, -0.25) is 0 Å². The Morgan fingerprint density at radius 1 is 1.50 bits per heavy atom. The summed E-state index contributed by atoms with van der Waals surface area (Å²) in [6, 6.07) is 3.39. The number of ether oxygens (including phenoxy) is 2. The summed E-state index contributed by atoms with van der Waals surface area (Å²) in [4.78, 5) is 16.0. The lowest BCUT2D eigenvalue weighted by Gasteiger charge is -2.29. The van der Waals surface area contributed by atoms with Crippen molar-refractivity contribution in [3.05, 3.63) is 23.4 Å². The van der Waals surface area contributed by atoms with E-state index in [1.165, 1.54) is 0 Å². The molecule has 0 saturated carbocycles. The summed E-state index contributed by atoms with van der Waals surface area (Å²) in [5, 5.41) is 0. The zero-order valence-electron chi connectivity index (χ0n) is 9.69. The molecule has 4 nitrogen and oxygen atoms in total. The van der Waals surface area contributed by atoms with Gasteiger partial charge in [-0.2, -0.15) is 0 Å². The number of methoxy groups -OCH3 is 1. The van der Waals surface area contributed by atoms with Crippen LogP contribution in [-0.2, 0) is 4.74 Å². The van der Waals surface area contributed by atoms with Gasteiger partial charge in [0, 0.05) is 12.0 Å². The third-order valence-electron chi connectivity index (χ3n) is 2.98. The van der Waals surface area contributed by atoms with Crippen LogP contribution in [-0.4, -0.2) is 24.2 Å². The van der Waals surface area contributed by atoms with Crippen molar-refractivity contribution >= 4 is 5.97 Å². The molecule has 86 valence electrons. The Morgan fingerprint density at radius 3 is 2.88 bits per heavy atom. The maximum absolute atomic E-state index is 11.7. The van der Waals surface area contributed by atoms with Gasteiger partial charge in [0.1, 0.15) is 6.10 Å². The highest BCUT2D eigenvalue weighted by Crippen LogP contribution is 2.32. The van der Waals surface area contributed by atoms with E-state index in [0.29, 0.717) is 11.4 Å². The molecule has 2 rings (SSSR count). The Morgan fingerprint density at radius 2 is 2.25 bits per heavy atom. The molecule has 16 heavy (non-hydrogen) atoms. The third kappa shape index (κ3) is 1.64. The van der Waals surface area contributed by atoms with E-state index in [0.717, 1.165) is 12.1 Å². The fourth-order valence-corrected chi connectivity index (χ4v) is 2.01. The molecule has 0 radical (unpaired) electrons. The fraction of sp³-hybridized carbons (Fsp3) is 0.500. The predicted octanol–water partition coefficient (Wildman–Crippen LogP) is 2.14. The summed E-state index contributed by atoms with van der Waals surface area (Å²) in [5.41, 5.74) is 1.33. The van der Waals surface area contributed by atoms with Gasteiger partial charge in [-0.25, -0.2) is 9.78 Å². The molecule has 0 fully saturated rings. The highest BCUT2D eigenvalue weighted by atomic mass is 16.5. The molecule has 1 aromatic heterocycles. The second kappa shape index (κ2) is 4.12. The van der Waals surface area contributed by atoms with Crippen molar-refractivity contribution in [3.8, 4) is 5.88 Å². The van der Waals surface area contributed by atoms with Gasteiger partial charge in [0.15, 0.2) is 0 Å². The lowest BCUT2D eigenvalue weighted by molar-refractivity contribution is 0.0174. The van der Waals surface area contributed by atoms with E-state index in [1.807, 2.05) is 13.8 Å². The van der Waals surface area contributed by atoms with Gasteiger partial charge in [-0.1, -0.05) is 13.8 Å². The van der Waals surface area contributed by atoms with Crippen LogP contribution in [0.5, 0.6) is 5.88 Å². The molecular formula is C12H15NO3. The van der Waals surface area contributed by atoms with Crippen molar-refractivity contribution in [2.24, 2.45) is 0 Å². The molecule has 0 amide bonds. The molecule has 1 aliphatic heterocycles. The summed E-state index contributed by atoms with van der Waals surface area (Å²) in [6.45, 7) is 4.02. The summed E-state index contributed by atoms with van der Waals surface area (Å²) >= 11 is 0. The molecule has 2 atom stereocenters. The smallest absolute Gasteiger partial charge is 0.340 e.